The van der Waals surface area contributed by atoms with Crippen molar-refractivity contribution in [3.8, 4) is 0 Å². The van der Waals surface area contributed by atoms with Crippen molar-refractivity contribution in [2.24, 2.45) is 11.8 Å². The lowest BCUT2D eigenvalue weighted by molar-refractivity contribution is -0.137. The Kier molecular flexibility index (Phi) is 4.08. The summed E-state index contributed by atoms with van der Waals surface area (Å²) in [6, 6.07) is 0. The zero-order valence-corrected chi connectivity index (χ0v) is 6.92. The molecule has 0 bridgehead atoms. The molecule has 0 aromatic heterocycles. The summed E-state index contributed by atoms with van der Waals surface area (Å²) in [5.74, 6) is 0.433. The summed E-state index contributed by atoms with van der Waals surface area (Å²) in [7, 11) is 0. The van der Waals surface area contributed by atoms with Gasteiger partial charge in [0.25, 0.3) is 0 Å². The summed E-state index contributed by atoms with van der Waals surface area (Å²) < 4.78 is 0. The Morgan fingerprint density at radius 1 is 1.40 bits per heavy atom. The molecule has 0 saturated heterocycles. The predicted molar refractivity (Wildman–Crippen MR) is 40.9 cm³/mol. The van der Waals surface area contributed by atoms with Gasteiger partial charge in [0.2, 0.25) is 0 Å². The highest BCUT2D eigenvalue weighted by atomic mass is 16.4. The van der Waals surface area contributed by atoms with Crippen LogP contribution in [0.25, 0.3) is 0 Å². The fourth-order valence-corrected chi connectivity index (χ4v) is 0.684. The highest BCUT2D eigenvalue weighted by Gasteiger charge is 2.08. The first kappa shape index (κ1) is 9.47. The van der Waals surface area contributed by atoms with Gasteiger partial charge in [0.05, 0.1) is 0 Å². The van der Waals surface area contributed by atoms with E-state index in [1.54, 1.807) is 0 Å². The number of carbonyl (C=O) groups is 1. The summed E-state index contributed by atoms with van der Waals surface area (Å²) in [5.41, 5.74) is 0. The average molecular weight is 144 g/mol. The Morgan fingerprint density at radius 2 is 1.90 bits per heavy atom. The lowest BCUT2D eigenvalue weighted by atomic mass is 9.93. The van der Waals surface area contributed by atoms with Gasteiger partial charge in [-0.15, -0.1) is 0 Å². The van der Waals surface area contributed by atoms with Crippen molar-refractivity contribution in [1.29, 1.82) is 0 Å². The third-order valence-corrected chi connectivity index (χ3v) is 1.95. The molecule has 1 atom stereocenters. The van der Waals surface area contributed by atoms with Crippen molar-refractivity contribution in [2.75, 3.05) is 0 Å². The van der Waals surface area contributed by atoms with Crippen molar-refractivity contribution in [3.63, 3.8) is 0 Å². The van der Waals surface area contributed by atoms with E-state index in [1.165, 1.54) is 0 Å². The maximum absolute atomic E-state index is 10.1. The normalized spacial score (nSPS) is 13.6. The van der Waals surface area contributed by atoms with E-state index in [9.17, 15) is 4.79 Å². The maximum Gasteiger partial charge on any atom is 0.303 e. The number of aliphatic carboxylic acids is 1. The highest BCUT2D eigenvalue weighted by molar-refractivity contribution is 5.66. The molecule has 0 aliphatic carbocycles. The van der Waals surface area contributed by atoms with Gasteiger partial charge in [0, 0.05) is 6.42 Å². The van der Waals surface area contributed by atoms with Gasteiger partial charge in [0.15, 0.2) is 0 Å². The van der Waals surface area contributed by atoms with Gasteiger partial charge in [-0.1, -0.05) is 20.8 Å². The van der Waals surface area contributed by atoms with Gasteiger partial charge in [-0.25, -0.2) is 0 Å². The molecule has 2 heteroatoms. The summed E-state index contributed by atoms with van der Waals surface area (Å²) in [4.78, 5) is 10.1. The quantitative estimate of drug-likeness (QED) is 0.656. The van der Waals surface area contributed by atoms with Crippen LogP contribution in [0, 0.1) is 11.8 Å². The van der Waals surface area contributed by atoms with Crippen LogP contribution in [0.15, 0.2) is 0 Å². The molecular formula is C8H16O2. The second-order valence-electron chi connectivity index (χ2n) is 3.15. The van der Waals surface area contributed by atoms with E-state index in [0.29, 0.717) is 18.3 Å². The summed E-state index contributed by atoms with van der Waals surface area (Å²) in [6.07, 6.45) is 1.10. The first-order chi connectivity index (χ1) is 4.54. The third-order valence-electron chi connectivity index (χ3n) is 1.95. The zero-order chi connectivity index (χ0) is 8.15. The molecule has 1 N–H and O–H groups in total. The molecule has 0 aromatic carbocycles. The molecule has 0 radical (unpaired) electrons. The van der Waals surface area contributed by atoms with E-state index in [0.717, 1.165) is 6.42 Å². The van der Waals surface area contributed by atoms with Gasteiger partial charge in [0.1, 0.15) is 0 Å². The van der Waals surface area contributed by atoms with Crippen LogP contribution in [0.4, 0.5) is 0 Å². The Morgan fingerprint density at radius 3 is 2.20 bits per heavy atom. The van der Waals surface area contributed by atoms with Crippen molar-refractivity contribution in [2.45, 2.75) is 33.6 Å². The number of rotatable bonds is 4. The molecule has 0 unspecified atom stereocenters. The Hall–Kier alpha value is -0.530. The van der Waals surface area contributed by atoms with Crippen molar-refractivity contribution >= 4 is 5.97 Å². The van der Waals surface area contributed by atoms with Crippen molar-refractivity contribution in [3.05, 3.63) is 0 Å². The van der Waals surface area contributed by atoms with Crippen molar-refractivity contribution in [1.82, 2.24) is 0 Å². The Balaban J connectivity index is 3.39. The lowest BCUT2D eigenvalue weighted by Crippen LogP contribution is -2.06. The molecule has 0 aliphatic heterocycles. The van der Waals surface area contributed by atoms with Crippen LogP contribution in [-0.4, -0.2) is 11.1 Å². The molecule has 0 heterocycles. The highest BCUT2D eigenvalue weighted by Crippen LogP contribution is 2.15. The first-order valence-corrected chi connectivity index (χ1v) is 3.75. The van der Waals surface area contributed by atoms with Crippen LogP contribution in [0.5, 0.6) is 0 Å². The van der Waals surface area contributed by atoms with E-state index < -0.39 is 5.97 Å². The molecule has 2 nitrogen and oxygen atoms in total. The molecular weight excluding hydrogens is 128 g/mol. The standard InChI is InChI=1S/C8H16O2/c1-6(2)7(3)4-5-8(9)10/h6-7H,4-5H2,1-3H3,(H,9,10)/t7-/m0/s1. The van der Waals surface area contributed by atoms with Crippen LogP contribution in [0.2, 0.25) is 0 Å². The van der Waals surface area contributed by atoms with E-state index in [1.807, 2.05) is 0 Å². The molecule has 0 aliphatic rings. The SMILES string of the molecule is CC(C)[C@@H](C)CCC(=O)O. The van der Waals surface area contributed by atoms with Crippen LogP contribution in [0.1, 0.15) is 33.6 Å². The summed E-state index contributed by atoms with van der Waals surface area (Å²) in [5, 5.41) is 8.34. The second-order valence-corrected chi connectivity index (χ2v) is 3.15. The minimum Gasteiger partial charge on any atom is -0.481 e. The molecule has 0 amide bonds. The third kappa shape index (κ3) is 4.36. The molecule has 10 heavy (non-hydrogen) atoms. The second kappa shape index (κ2) is 4.31. The van der Waals surface area contributed by atoms with E-state index in [-0.39, 0.29) is 0 Å². The van der Waals surface area contributed by atoms with E-state index >= 15 is 0 Å². The predicted octanol–water partition coefficient (Wildman–Crippen LogP) is 2.14. The first-order valence-electron chi connectivity index (χ1n) is 3.75. The zero-order valence-electron chi connectivity index (χ0n) is 6.92. The fraction of sp³-hybridized carbons (Fsp3) is 0.875. The van der Waals surface area contributed by atoms with Crippen LogP contribution in [-0.2, 0) is 4.79 Å². The van der Waals surface area contributed by atoms with Gasteiger partial charge in [-0.05, 0) is 18.3 Å². The molecule has 60 valence electrons. The number of hydrogen-bond donors (Lipinski definition) is 1. The van der Waals surface area contributed by atoms with Crippen LogP contribution < -0.4 is 0 Å². The Labute approximate surface area is 62.2 Å². The van der Waals surface area contributed by atoms with E-state index in [2.05, 4.69) is 20.8 Å². The van der Waals surface area contributed by atoms with Crippen molar-refractivity contribution < 1.29 is 9.90 Å². The van der Waals surface area contributed by atoms with Gasteiger partial charge >= 0.3 is 5.97 Å². The van der Waals surface area contributed by atoms with Gasteiger partial charge in [-0.3, -0.25) is 4.79 Å². The van der Waals surface area contributed by atoms with Gasteiger partial charge in [-0.2, -0.15) is 0 Å². The smallest absolute Gasteiger partial charge is 0.303 e. The topological polar surface area (TPSA) is 37.3 Å². The maximum atomic E-state index is 10.1. The largest absolute Gasteiger partial charge is 0.481 e. The van der Waals surface area contributed by atoms with Crippen LogP contribution >= 0.6 is 0 Å². The van der Waals surface area contributed by atoms with Gasteiger partial charge < -0.3 is 5.11 Å². The summed E-state index contributed by atoms with van der Waals surface area (Å²) in [6.45, 7) is 6.33. The van der Waals surface area contributed by atoms with E-state index in [4.69, 9.17) is 5.11 Å². The number of hydrogen-bond acceptors (Lipinski definition) is 1. The lowest BCUT2D eigenvalue weighted by Gasteiger charge is -2.12. The molecule has 0 rings (SSSR count). The Bertz CT molecular complexity index is 108. The molecule has 0 fully saturated rings. The average Bonchev–Trinajstić information content (AvgIpc) is 1.82. The summed E-state index contributed by atoms with van der Waals surface area (Å²) >= 11 is 0. The minimum atomic E-state index is -0.687. The molecule has 0 aromatic rings. The monoisotopic (exact) mass is 144 g/mol. The number of carboxylic acid groups (broad SMARTS) is 1. The molecule has 0 spiro atoms. The fourth-order valence-electron chi connectivity index (χ4n) is 0.684. The molecule has 0 saturated carbocycles. The number of carboxylic acids is 1. The van der Waals surface area contributed by atoms with Crippen LogP contribution in [0.3, 0.4) is 0 Å². The minimum absolute atomic E-state index is 0.305.